The summed E-state index contributed by atoms with van der Waals surface area (Å²) in [6.07, 6.45) is 16.7. The van der Waals surface area contributed by atoms with Crippen molar-refractivity contribution in [2.75, 3.05) is 46.8 Å². The topological polar surface area (TPSA) is 93.2 Å². The summed E-state index contributed by atoms with van der Waals surface area (Å²) in [6, 6.07) is 14.5. The summed E-state index contributed by atoms with van der Waals surface area (Å²) in [5, 5.41) is 2.07. The van der Waals surface area contributed by atoms with Gasteiger partial charge in [0.2, 0.25) is 23.6 Å². The Labute approximate surface area is 279 Å². The lowest BCUT2D eigenvalue weighted by Crippen LogP contribution is -2.30. The second-order valence-electron chi connectivity index (χ2n) is 12.3. The molecular weight excluding hydrogens is 641 g/mol. The van der Waals surface area contributed by atoms with E-state index in [4.69, 9.17) is 7.26 Å². The standard InChI is InChI=1S/C35H46N2O6S3/c1-8-26-14-18-30(19-15-26)36-32(38)24-28(34(36)40)12-10-22-44(3)42-46(6,7)43-45(4,5)23-11-13-29-25-33(39)37(35(29)41)31-20-16-27(9-2)17-21-31/h8-9,14-22,28-29H,1-2,10-13,23-25H2,3-7H3. The van der Waals surface area contributed by atoms with Gasteiger partial charge in [-0.2, -0.15) is 10.6 Å². The van der Waals surface area contributed by atoms with Crippen LogP contribution in [0.3, 0.4) is 0 Å². The Morgan fingerprint density at radius 2 is 1.24 bits per heavy atom. The molecule has 2 saturated heterocycles. The van der Waals surface area contributed by atoms with Crippen LogP contribution in [0.15, 0.2) is 61.7 Å². The second kappa shape index (κ2) is 15.3. The zero-order valence-corrected chi connectivity index (χ0v) is 29.9. The van der Waals surface area contributed by atoms with Crippen LogP contribution >= 0.6 is 31.7 Å². The van der Waals surface area contributed by atoms with E-state index in [1.54, 1.807) is 36.4 Å². The van der Waals surface area contributed by atoms with Crippen molar-refractivity contribution in [3.05, 3.63) is 72.8 Å². The number of carbonyl (C=O) groups excluding carboxylic acids is 4. The van der Waals surface area contributed by atoms with Crippen LogP contribution in [0, 0.1) is 11.8 Å². The largest absolute Gasteiger partial charge is 0.274 e. The molecule has 2 aliphatic heterocycles. The molecule has 0 spiro atoms. The van der Waals surface area contributed by atoms with Crippen molar-refractivity contribution in [2.45, 2.75) is 38.5 Å². The molecule has 0 radical (unpaired) electrons. The first-order chi connectivity index (χ1) is 21.7. The SMILES string of the molecule is C=Cc1ccc(N2C(=O)CC(CC/C=S(\C)OS(C)(C)OS(C)(C)CCCC3CC(=O)N(c4ccc(C=C)cc4)C3=O)C2=O)cc1. The maximum absolute atomic E-state index is 13.1. The van der Waals surface area contributed by atoms with Crippen LogP contribution in [0.4, 0.5) is 11.4 Å². The summed E-state index contributed by atoms with van der Waals surface area (Å²) in [5.41, 5.74) is 3.06. The fraction of sp³-hybridized carbons (Fsp3) is 0.400. The maximum Gasteiger partial charge on any atom is 0.237 e. The smallest absolute Gasteiger partial charge is 0.237 e. The Balaban J connectivity index is 1.22. The molecule has 11 heteroatoms. The van der Waals surface area contributed by atoms with Crippen LogP contribution in [0.1, 0.15) is 49.7 Å². The van der Waals surface area contributed by atoms with Crippen LogP contribution in [0.5, 0.6) is 0 Å². The Morgan fingerprint density at radius 3 is 1.70 bits per heavy atom. The van der Waals surface area contributed by atoms with Gasteiger partial charge in [0, 0.05) is 49.2 Å². The van der Waals surface area contributed by atoms with E-state index in [0.717, 1.165) is 23.3 Å². The summed E-state index contributed by atoms with van der Waals surface area (Å²) in [6.45, 7) is 7.49. The minimum Gasteiger partial charge on any atom is -0.274 e. The van der Waals surface area contributed by atoms with E-state index in [1.807, 2.05) is 43.0 Å². The minimum atomic E-state index is -1.83. The molecule has 4 amide bonds. The van der Waals surface area contributed by atoms with Gasteiger partial charge >= 0.3 is 0 Å². The molecule has 2 fully saturated rings. The van der Waals surface area contributed by atoms with Crippen molar-refractivity contribution in [1.82, 2.24) is 0 Å². The molecule has 0 saturated carbocycles. The average molecular weight is 687 g/mol. The van der Waals surface area contributed by atoms with Crippen molar-refractivity contribution in [1.29, 1.82) is 0 Å². The number of amides is 4. The number of benzene rings is 2. The number of nitrogens with zero attached hydrogens (tertiary/aromatic N) is 2. The van der Waals surface area contributed by atoms with Crippen molar-refractivity contribution in [2.24, 2.45) is 11.8 Å². The summed E-state index contributed by atoms with van der Waals surface area (Å²) >= 11 is 0. The third-order valence-corrected chi connectivity index (χ3v) is 14.9. The number of imide groups is 2. The highest BCUT2D eigenvalue weighted by Crippen LogP contribution is 2.60. The highest BCUT2D eigenvalue weighted by Gasteiger charge is 2.40. The van der Waals surface area contributed by atoms with E-state index >= 15 is 0 Å². The van der Waals surface area contributed by atoms with Crippen LogP contribution in [0.2, 0.25) is 0 Å². The molecule has 3 unspecified atom stereocenters. The first kappa shape index (κ1) is 35.9. The zero-order chi connectivity index (χ0) is 33.6. The maximum atomic E-state index is 13.1. The molecule has 0 aliphatic carbocycles. The number of hydrogen-bond donors (Lipinski definition) is 0. The lowest BCUT2D eigenvalue weighted by Gasteiger charge is -2.44. The van der Waals surface area contributed by atoms with Gasteiger partial charge in [-0.15, -0.1) is 10.3 Å². The van der Waals surface area contributed by atoms with E-state index < -0.39 is 31.7 Å². The molecule has 0 N–H and O–H groups in total. The highest BCUT2D eigenvalue weighted by atomic mass is 32.4. The van der Waals surface area contributed by atoms with Crippen molar-refractivity contribution >= 4 is 84.2 Å². The Morgan fingerprint density at radius 1 is 0.783 bits per heavy atom. The number of rotatable bonds is 15. The van der Waals surface area contributed by atoms with Crippen LogP contribution in [0.25, 0.3) is 12.2 Å². The molecule has 0 aromatic heterocycles. The lowest BCUT2D eigenvalue weighted by molar-refractivity contribution is -0.123. The first-order valence-corrected chi connectivity index (χ1v) is 21.7. The van der Waals surface area contributed by atoms with Crippen LogP contribution < -0.4 is 9.80 Å². The molecule has 2 aromatic rings. The van der Waals surface area contributed by atoms with E-state index in [2.05, 4.69) is 31.0 Å². The summed E-state index contributed by atoms with van der Waals surface area (Å²) in [4.78, 5) is 54.1. The first-order valence-electron chi connectivity index (χ1n) is 15.3. The molecule has 3 atom stereocenters. The molecule has 46 heavy (non-hydrogen) atoms. The van der Waals surface area contributed by atoms with Crippen molar-refractivity contribution in [3.8, 4) is 0 Å². The number of carbonyl (C=O) groups is 4. The van der Waals surface area contributed by atoms with E-state index in [1.165, 1.54) is 9.80 Å². The predicted octanol–water partition coefficient (Wildman–Crippen LogP) is 7.51. The molecule has 2 aromatic carbocycles. The Hall–Kier alpha value is -2.96. The van der Waals surface area contributed by atoms with E-state index in [0.29, 0.717) is 30.6 Å². The van der Waals surface area contributed by atoms with Crippen LogP contribution in [-0.2, 0) is 26.4 Å². The fourth-order valence-corrected chi connectivity index (χ4v) is 13.5. The molecule has 8 nitrogen and oxygen atoms in total. The van der Waals surface area contributed by atoms with E-state index in [9.17, 15) is 19.2 Å². The van der Waals surface area contributed by atoms with Gasteiger partial charge in [0.05, 0.1) is 11.4 Å². The van der Waals surface area contributed by atoms with Gasteiger partial charge < -0.3 is 0 Å². The van der Waals surface area contributed by atoms with Gasteiger partial charge in [0.25, 0.3) is 0 Å². The fourth-order valence-electron chi connectivity index (χ4n) is 5.79. The molecule has 2 aliphatic rings. The van der Waals surface area contributed by atoms with Gasteiger partial charge in [-0.05, 0) is 89.7 Å². The molecule has 250 valence electrons. The van der Waals surface area contributed by atoms with Gasteiger partial charge in [0.1, 0.15) is 0 Å². The normalized spacial score (nSPS) is 20.5. The van der Waals surface area contributed by atoms with Crippen molar-refractivity contribution in [3.63, 3.8) is 0 Å². The second-order valence-corrected chi connectivity index (χ2v) is 20.3. The molecular formula is C35H46N2O6S3. The third kappa shape index (κ3) is 9.10. The summed E-state index contributed by atoms with van der Waals surface area (Å²) in [5.74, 6) is -0.479. The number of hydrogen-bond acceptors (Lipinski definition) is 6. The van der Waals surface area contributed by atoms with Gasteiger partial charge in [-0.25, -0.2) is 7.26 Å². The summed E-state index contributed by atoms with van der Waals surface area (Å²) in [7, 11) is -3.80. The number of anilines is 2. The van der Waals surface area contributed by atoms with Gasteiger partial charge in [-0.1, -0.05) is 49.6 Å². The zero-order valence-electron chi connectivity index (χ0n) is 27.4. The van der Waals surface area contributed by atoms with Crippen molar-refractivity contribution < 1.29 is 26.4 Å². The Bertz CT molecular complexity index is 1520. The molecule has 2 heterocycles. The minimum absolute atomic E-state index is 0.136. The average Bonchev–Trinajstić information content (AvgIpc) is 3.44. The molecule has 4 rings (SSSR count). The molecule has 0 bridgehead atoms. The third-order valence-electron chi connectivity index (χ3n) is 7.93. The Kier molecular flexibility index (Phi) is 11.9. The quantitative estimate of drug-likeness (QED) is 0.142. The van der Waals surface area contributed by atoms with Gasteiger partial charge in [-0.3, -0.25) is 29.0 Å². The van der Waals surface area contributed by atoms with Gasteiger partial charge in [0.15, 0.2) is 0 Å². The predicted molar refractivity (Wildman–Crippen MR) is 198 cm³/mol. The highest BCUT2D eigenvalue weighted by molar-refractivity contribution is 8.41. The summed E-state index contributed by atoms with van der Waals surface area (Å²) < 4.78 is 12.9. The van der Waals surface area contributed by atoms with Crippen LogP contribution in [-0.4, -0.2) is 66.0 Å². The monoisotopic (exact) mass is 686 g/mol. The lowest BCUT2D eigenvalue weighted by atomic mass is 10.0. The van der Waals surface area contributed by atoms with E-state index in [-0.39, 0.29) is 48.3 Å².